The molecule has 0 radical (unpaired) electrons. The van der Waals surface area contributed by atoms with Gasteiger partial charge < -0.3 is 15.8 Å². The summed E-state index contributed by atoms with van der Waals surface area (Å²) in [7, 11) is 1.55. The van der Waals surface area contributed by atoms with Crippen LogP contribution < -0.4 is 11.1 Å². The molecule has 3 heterocycles. The maximum Gasteiger partial charge on any atom is 0.255 e. The van der Waals surface area contributed by atoms with Crippen LogP contribution in [0.25, 0.3) is 10.8 Å². The lowest BCUT2D eigenvalue weighted by Crippen LogP contribution is -2.24. The van der Waals surface area contributed by atoms with Crippen molar-refractivity contribution < 1.29 is 13.9 Å². The lowest BCUT2D eigenvalue weighted by Gasteiger charge is -2.09. The van der Waals surface area contributed by atoms with Crippen molar-refractivity contribution >= 4 is 22.5 Å². The molecule has 0 spiro atoms. The number of carbonyl (C=O) groups excluding carboxylic acids is 1. The van der Waals surface area contributed by atoms with Gasteiger partial charge in [-0.05, 0) is 23.3 Å². The Morgan fingerprint density at radius 3 is 2.49 bits per heavy atom. The van der Waals surface area contributed by atoms with E-state index in [1.807, 2.05) is 41.2 Å². The van der Waals surface area contributed by atoms with Crippen molar-refractivity contribution in [1.82, 2.24) is 29.9 Å². The van der Waals surface area contributed by atoms with E-state index in [4.69, 9.17) is 10.5 Å². The van der Waals surface area contributed by atoms with Crippen molar-refractivity contribution in [3.05, 3.63) is 107 Å². The monoisotopic (exact) mass is 499 g/mol. The van der Waals surface area contributed by atoms with Crippen LogP contribution >= 0.6 is 0 Å². The van der Waals surface area contributed by atoms with Gasteiger partial charge in [0, 0.05) is 54.8 Å². The number of nitrogens with zero attached hydrogens (tertiary/aromatic N) is 5. The van der Waals surface area contributed by atoms with E-state index in [0.29, 0.717) is 40.7 Å². The van der Waals surface area contributed by atoms with Gasteiger partial charge in [0.15, 0.2) is 0 Å². The van der Waals surface area contributed by atoms with Gasteiger partial charge in [0.2, 0.25) is 0 Å². The van der Waals surface area contributed by atoms with Gasteiger partial charge in [-0.1, -0.05) is 36.4 Å². The van der Waals surface area contributed by atoms with Crippen LogP contribution in [0.15, 0.2) is 73.3 Å². The smallest absolute Gasteiger partial charge is 0.255 e. The Hall–Kier alpha value is -4.57. The van der Waals surface area contributed by atoms with Crippen LogP contribution in [0.4, 0.5) is 10.2 Å². The molecule has 0 aliphatic heterocycles. The topological polar surface area (TPSA) is 113 Å². The highest BCUT2D eigenvalue weighted by molar-refractivity contribution is 5.95. The van der Waals surface area contributed by atoms with Gasteiger partial charge in [0.25, 0.3) is 5.91 Å². The summed E-state index contributed by atoms with van der Waals surface area (Å²) in [4.78, 5) is 17.0. The SMILES string of the molecule is COCc1nn(Cc2ccc(Cn3cccn3)cc2)cc1C(=O)NCc1ccc2c(N)nccc2c1F. The Morgan fingerprint density at radius 1 is 1.03 bits per heavy atom. The Morgan fingerprint density at radius 2 is 1.78 bits per heavy atom. The number of methoxy groups -OCH3 is 1. The summed E-state index contributed by atoms with van der Waals surface area (Å²) < 4.78 is 23.8. The van der Waals surface area contributed by atoms with E-state index in [-0.39, 0.29) is 24.9 Å². The van der Waals surface area contributed by atoms with Crippen LogP contribution in [-0.2, 0) is 31.0 Å². The fraction of sp³-hybridized carbons (Fsp3) is 0.185. The fourth-order valence-corrected chi connectivity index (χ4v) is 4.19. The van der Waals surface area contributed by atoms with Crippen molar-refractivity contribution in [3.63, 3.8) is 0 Å². The zero-order valence-corrected chi connectivity index (χ0v) is 20.3. The summed E-state index contributed by atoms with van der Waals surface area (Å²) >= 11 is 0. The largest absolute Gasteiger partial charge is 0.383 e. The molecule has 5 rings (SSSR count). The van der Waals surface area contributed by atoms with Gasteiger partial charge in [0.1, 0.15) is 17.3 Å². The molecule has 0 fully saturated rings. The van der Waals surface area contributed by atoms with Crippen LogP contribution in [0.1, 0.15) is 32.7 Å². The summed E-state index contributed by atoms with van der Waals surface area (Å²) in [5.74, 6) is -0.534. The number of fused-ring (bicyclic) bond motifs is 1. The summed E-state index contributed by atoms with van der Waals surface area (Å²) in [5, 5.41) is 12.5. The normalized spacial score (nSPS) is 11.2. The fourth-order valence-electron chi connectivity index (χ4n) is 4.19. The highest BCUT2D eigenvalue weighted by Crippen LogP contribution is 2.24. The molecule has 0 aliphatic carbocycles. The third kappa shape index (κ3) is 5.34. The molecule has 1 amide bonds. The lowest BCUT2D eigenvalue weighted by molar-refractivity contribution is 0.0945. The standard InChI is InChI=1S/C27H26FN7O2/c1-37-17-24-23(27(36)31-13-20-7-8-22-21(25(20)28)9-11-30-26(22)29)16-35(33-24)15-19-5-3-18(4-6-19)14-34-12-2-10-32-34/h2-12,16H,13-15,17H2,1H3,(H2,29,30)(H,31,36). The summed E-state index contributed by atoms with van der Waals surface area (Å²) in [6, 6.07) is 14.9. The predicted octanol–water partition coefficient (Wildman–Crippen LogP) is 3.52. The number of carbonyl (C=O) groups is 1. The number of nitrogens with two attached hydrogens (primary N) is 1. The van der Waals surface area contributed by atoms with Gasteiger partial charge in [-0.2, -0.15) is 10.2 Å². The molecule has 0 bridgehead atoms. The minimum Gasteiger partial charge on any atom is -0.383 e. The second-order valence-corrected chi connectivity index (χ2v) is 8.65. The lowest BCUT2D eigenvalue weighted by atomic mass is 10.1. The van der Waals surface area contributed by atoms with Crippen molar-refractivity contribution in [2.75, 3.05) is 12.8 Å². The number of rotatable bonds is 9. The van der Waals surface area contributed by atoms with Gasteiger partial charge in [-0.15, -0.1) is 0 Å². The molecule has 2 aromatic carbocycles. The van der Waals surface area contributed by atoms with Gasteiger partial charge >= 0.3 is 0 Å². The first kappa shape index (κ1) is 24.1. The number of halogens is 1. The second-order valence-electron chi connectivity index (χ2n) is 8.65. The van der Waals surface area contributed by atoms with Gasteiger partial charge in [0.05, 0.1) is 25.3 Å². The first-order valence-corrected chi connectivity index (χ1v) is 11.7. The molecule has 0 aliphatic rings. The highest BCUT2D eigenvalue weighted by Gasteiger charge is 2.18. The molecule has 10 heteroatoms. The number of hydrogen-bond acceptors (Lipinski definition) is 6. The molecule has 3 aromatic heterocycles. The number of hydrogen-bond donors (Lipinski definition) is 2. The highest BCUT2D eigenvalue weighted by atomic mass is 19.1. The molecule has 188 valence electrons. The maximum absolute atomic E-state index is 15.0. The summed E-state index contributed by atoms with van der Waals surface area (Å²) in [6.07, 6.45) is 6.82. The number of pyridine rings is 1. The third-order valence-electron chi connectivity index (χ3n) is 6.07. The molecule has 9 nitrogen and oxygen atoms in total. The van der Waals surface area contributed by atoms with E-state index in [0.717, 1.165) is 11.1 Å². The van der Waals surface area contributed by atoms with Crippen LogP contribution in [0, 0.1) is 5.82 Å². The molecule has 0 saturated heterocycles. The van der Waals surface area contributed by atoms with Crippen LogP contribution in [0.5, 0.6) is 0 Å². The first-order chi connectivity index (χ1) is 18.0. The van der Waals surface area contributed by atoms with Crippen LogP contribution in [0.3, 0.4) is 0 Å². The minimum atomic E-state index is -0.435. The van der Waals surface area contributed by atoms with E-state index in [9.17, 15) is 4.79 Å². The second kappa shape index (κ2) is 10.6. The number of benzene rings is 2. The summed E-state index contributed by atoms with van der Waals surface area (Å²) in [5.41, 5.74) is 9.25. The van der Waals surface area contributed by atoms with Crippen LogP contribution in [-0.4, -0.2) is 37.6 Å². The summed E-state index contributed by atoms with van der Waals surface area (Å²) in [6.45, 7) is 1.37. The number of anilines is 1. The molecule has 0 saturated carbocycles. The average Bonchev–Trinajstić information content (AvgIpc) is 3.55. The zero-order chi connectivity index (χ0) is 25.8. The van der Waals surface area contributed by atoms with E-state index >= 15 is 4.39 Å². The maximum atomic E-state index is 15.0. The molecule has 3 N–H and O–H groups in total. The number of nitrogens with one attached hydrogen (secondary N) is 1. The van der Waals surface area contributed by atoms with Crippen molar-refractivity contribution in [3.8, 4) is 0 Å². The molecular weight excluding hydrogens is 473 g/mol. The van der Waals surface area contributed by atoms with Gasteiger partial charge in [-0.25, -0.2) is 9.37 Å². The predicted molar refractivity (Wildman–Crippen MR) is 137 cm³/mol. The van der Waals surface area contributed by atoms with Crippen LogP contribution in [0.2, 0.25) is 0 Å². The van der Waals surface area contributed by atoms with E-state index < -0.39 is 5.82 Å². The molecule has 0 atom stereocenters. The van der Waals surface area contributed by atoms with E-state index in [2.05, 4.69) is 20.5 Å². The molecule has 37 heavy (non-hydrogen) atoms. The van der Waals surface area contributed by atoms with Crippen molar-refractivity contribution in [2.45, 2.75) is 26.2 Å². The molecule has 5 aromatic rings. The Kier molecular flexibility index (Phi) is 6.91. The average molecular weight is 500 g/mol. The quantitative estimate of drug-likeness (QED) is 0.321. The number of amides is 1. The molecular formula is C27H26FN7O2. The van der Waals surface area contributed by atoms with E-state index in [1.165, 1.54) is 6.20 Å². The van der Waals surface area contributed by atoms with Crippen molar-refractivity contribution in [2.24, 2.45) is 0 Å². The Balaban J connectivity index is 1.28. The van der Waals surface area contributed by atoms with E-state index in [1.54, 1.807) is 42.4 Å². The molecule has 0 unspecified atom stereocenters. The number of aromatic nitrogens is 5. The third-order valence-corrected chi connectivity index (χ3v) is 6.07. The minimum absolute atomic E-state index is 0.0121. The first-order valence-electron chi connectivity index (χ1n) is 11.7. The Bertz CT molecular complexity index is 1530. The van der Waals surface area contributed by atoms with Crippen molar-refractivity contribution in [1.29, 1.82) is 0 Å². The Labute approximate surface area is 212 Å². The van der Waals surface area contributed by atoms with Gasteiger partial charge in [-0.3, -0.25) is 14.2 Å². The number of ether oxygens (including phenoxy) is 1. The zero-order valence-electron chi connectivity index (χ0n) is 20.3. The number of nitrogen functional groups attached to an aromatic ring is 1.